The number of carbonyl (C=O) groups is 1. The summed E-state index contributed by atoms with van der Waals surface area (Å²) in [6.45, 7) is 0. The number of Topliss-reactive ketones (excluding diaryl/α,β-unsaturated/α-hetero) is 1. The Morgan fingerprint density at radius 1 is 1.24 bits per heavy atom. The van der Waals surface area contributed by atoms with Crippen LogP contribution in [0.1, 0.15) is 16.1 Å². The summed E-state index contributed by atoms with van der Waals surface area (Å²) in [7, 11) is 0. The minimum absolute atomic E-state index is 0.0793. The lowest BCUT2D eigenvalue weighted by atomic mass is 10.0. The summed E-state index contributed by atoms with van der Waals surface area (Å²) in [4.78, 5) is 16.6. The summed E-state index contributed by atoms with van der Waals surface area (Å²) < 4.78 is 15.5. The van der Waals surface area contributed by atoms with Crippen LogP contribution in [0.3, 0.4) is 0 Å². The summed E-state index contributed by atoms with van der Waals surface area (Å²) in [6.07, 6.45) is 0. The summed E-state index contributed by atoms with van der Waals surface area (Å²) in [5, 5.41) is 11.2. The summed E-state index contributed by atoms with van der Waals surface area (Å²) in [6, 6.07) is 6.27. The van der Waals surface area contributed by atoms with E-state index in [0.29, 0.717) is 34.0 Å². The molecule has 104 valence electrons. The Bertz CT molecular complexity index is 878. The molecule has 21 heavy (non-hydrogen) atoms. The molecule has 6 nitrogen and oxygen atoms in total. The van der Waals surface area contributed by atoms with Crippen LogP contribution >= 0.6 is 11.8 Å². The van der Waals surface area contributed by atoms with Crippen molar-refractivity contribution >= 4 is 23.3 Å². The maximum atomic E-state index is 14.2. The lowest BCUT2D eigenvalue weighted by Crippen LogP contribution is -2.18. The van der Waals surface area contributed by atoms with Gasteiger partial charge in [0.1, 0.15) is 5.82 Å². The van der Waals surface area contributed by atoms with E-state index in [1.807, 2.05) is 0 Å². The van der Waals surface area contributed by atoms with Gasteiger partial charge in [-0.25, -0.2) is 9.37 Å². The molecule has 1 aromatic carbocycles. The van der Waals surface area contributed by atoms with E-state index in [2.05, 4.69) is 20.5 Å². The first kappa shape index (κ1) is 12.4. The van der Waals surface area contributed by atoms with Crippen molar-refractivity contribution in [3.63, 3.8) is 0 Å². The third-order valence-corrected chi connectivity index (χ3v) is 4.25. The van der Waals surface area contributed by atoms with Crippen LogP contribution in [-0.4, -0.2) is 36.6 Å². The number of nitrogens with zero attached hydrogens (tertiary/aromatic N) is 5. The van der Waals surface area contributed by atoms with Crippen molar-refractivity contribution in [2.45, 2.75) is 5.75 Å². The normalized spacial score (nSPS) is 14.4. The molecule has 0 amide bonds. The molecule has 1 aliphatic heterocycles. The van der Waals surface area contributed by atoms with Gasteiger partial charge in [-0.1, -0.05) is 17.2 Å². The first-order chi connectivity index (χ1) is 10.3. The van der Waals surface area contributed by atoms with Gasteiger partial charge in [-0.05, 0) is 22.6 Å². The molecule has 3 aromatic rings. The van der Waals surface area contributed by atoms with Crippen molar-refractivity contribution in [2.24, 2.45) is 0 Å². The largest absolute Gasteiger partial charge is 0.293 e. The molecule has 0 unspecified atom stereocenters. The molecule has 0 aliphatic carbocycles. The number of halogens is 1. The van der Waals surface area contributed by atoms with Crippen LogP contribution in [0, 0.1) is 5.82 Å². The topological polar surface area (TPSA) is 73.0 Å². The van der Waals surface area contributed by atoms with Gasteiger partial charge in [0.05, 0.1) is 22.7 Å². The molecule has 2 aromatic heterocycles. The van der Waals surface area contributed by atoms with Crippen LogP contribution in [0.2, 0.25) is 0 Å². The second kappa shape index (κ2) is 4.59. The van der Waals surface area contributed by atoms with E-state index in [0.717, 1.165) is 0 Å². The maximum Gasteiger partial charge on any atom is 0.274 e. The highest BCUT2D eigenvalue weighted by molar-refractivity contribution is 7.99. The molecule has 0 saturated heterocycles. The molecule has 3 heterocycles. The number of carbonyl (C=O) groups excluding carboxylic acids is 1. The lowest BCUT2D eigenvalue weighted by Gasteiger charge is -2.17. The third-order valence-electron chi connectivity index (χ3n) is 3.30. The number of tetrazole rings is 1. The Morgan fingerprint density at radius 2 is 2.10 bits per heavy atom. The first-order valence-electron chi connectivity index (χ1n) is 6.22. The average molecular weight is 301 g/mol. The number of aromatic nitrogens is 5. The molecule has 1 aliphatic rings. The van der Waals surface area contributed by atoms with E-state index in [1.54, 1.807) is 18.2 Å². The van der Waals surface area contributed by atoms with Gasteiger partial charge in [-0.3, -0.25) is 4.79 Å². The molecular weight excluding hydrogens is 293 g/mol. The third kappa shape index (κ3) is 1.83. The minimum atomic E-state index is -0.422. The van der Waals surface area contributed by atoms with Crippen molar-refractivity contribution in [1.82, 2.24) is 25.0 Å². The van der Waals surface area contributed by atoms with Crippen molar-refractivity contribution in [3.05, 3.63) is 41.3 Å². The van der Waals surface area contributed by atoms with Gasteiger partial charge in [0.2, 0.25) is 0 Å². The fourth-order valence-electron chi connectivity index (χ4n) is 2.43. The van der Waals surface area contributed by atoms with E-state index >= 15 is 0 Å². The number of fused-ring (bicyclic) bond motifs is 2. The molecule has 0 bridgehead atoms. The summed E-state index contributed by atoms with van der Waals surface area (Å²) in [5.74, 6) is 0.704. The smallest absolute Gasteiger partial charge is 0.274 e. The fourth-order valence-corrected chi connectivity index (χ4v) is 3.26. The van der Waals surface area contributed by atoms with E-state index in [-0.39, 0.29) is 11.6 Å². The summed E-state index contributed by atoms with van der Waals surface area (Å²) in [5.41, 5.74) is 1.70. The van der Waals surface area contributed by atoms with Gasteiger partial charge in [-0.15, -0.1) is 11.8 Å². The van der Waals surface area contributed by atoms with Gasteiger partial charge in [0.15, 0.2) is 5.78 Å². The number of thioether (sulfide) groups is 1. The van der Waals surface area contributed by atoms with Gasteiger partial charge >= 0.3 is 0 Å². The molecular formula is C13H8FN5OS. The van der Waals surface area contributed by atoms with Crippen molar-refractivity contribution in [1.29, 1.82) is 0 Å². The number of hydrogen-bond acceptors (Lipinski definition) is 6. The van der Waals surface area contributed by atoms with Gasteiger partial charge in [-0.2, -0.15) is 4.52 Å². The van der Waals surface area contributed by atoms with Crippen LogP contribution < -0.4 is 0 Å². The van der Waals surface area contributed by atoms with E-state index in [9.17, 15) is 9.18 Å². The maximum absolute atomic E-state index is 14.2. The van der Waals surface area contributed by atoms with Crippen molar-refractivity contribution in [2.75, 3.05) is 5.75 Å². The van der Waals surface area contributed by atoms with Crippen LogP contribution in [0.4, 0.5) is 4.39 Å². The standard InChI is InChI=1S/C13H8FN5OS/c14-8-4-2-1-3-7(8)12-11-9(5-21-6-10(11)20)15-13-16-17-18-19(12)13/h1-4H,5-6H2. The highest BCUT2D eigenvalue weighted by Gasteiger charge is 2.28. The predicted octanol–water partition coefficient (Wildman–Crippen LogP) is 1.75. The molecule has 0 radical (unpaired) electrons. The second-order valence-electron chi connectivity index (χ2n) is 4.57. The van der Waals surface area contributed by atoms with Gasteiger partial charge in [0.25, 0.3) is 5.78 Å². The fraction of sp³-hybridized carbons (Fsp3) is 0.154. The monoisotopic (exact) mass is 301 g/mol. The minimum Gasteiger partial charge on any atom is -0.293 e. The quantitative estimate of drug-likeness (QED) is 0.682. The molecule has 0 saturated carbocycles. The number of benzene rings is 1. The molecule has 0 N–H and O–H groups in total. The molecule has 4 rings (SSSR count). The number of hydrogen-bond donors (Lipinski definition) is 0. The van der Waals surface area contributed by atoms with E-state index < -0.39 is 5.82 Å². The highest BCUT2D eigenvalue weighted by Crippen LogP contribution is 2.33. The Morgan fingerprint density at radius 3 is 2.95 bits per heavy atom. The Hall–Kier alpha value is -2.35. The van der Waals surface area contributed by atoms with Crippen LogP contribution in [0.5, 0.6) is 0 Å². The van der Waals surface area contributed by atoms with Crippen LogP contribution in [-0.2, 0) is 5.75 Å². The zero-order valence-electron chi connectivity index (χ0n) is 10.7. The molecule has 0 atom stereocenters. The van der Waals surface area contributed by atoms with Gasteiger partial charge < -0.3 is 0 Å². The summed E-state index contributed by atoms with van der Waals surface area (Å²) >= 11 is 1.48. The van der Waals surface area contributed by atoms with E-state index in [4.69, 9.17) is 0 Å². The second-order valence-corrected chi connectivity index (χ2v) is 5.55. The van der Waals surface area contributed by atoms with Crippen molar-refractivity contribution in [3.8, 4) is 11.3 Å². The zero-order valence-corrected chi connectivity index (χ0v) is 11.5. The Labute approximate surface area is 122 Å². The SMILES string of the molecule is O=C1CSCc2nc3nnnn3c(-c3ccccc3F)c21. The molecule has 0 fully saturated rings. The molecule has 8 heteroatoms. The van der Waals surface area contributed by atoms with Gasteiger partial charge in [0, 0.05) is 11.3 Å². The van der Waals surface area contributed by atoms with Crippen molar-refractivity contribution < 1.29 is 9.18 Å². The van der Waals surface area contributed by atoms with E-state index in [1.165, 1.54) is 22.3 Å². The first-order valence-corrected chi connectivity index (χ1v) is 7.38. The van der Waals surface area contributed by atoms with Crippen LogP contribution in [0.15, 0.2) is 24.3 Å². The Kier molecular flexibility index (Phi) is 2.71. The zero-order chi connectivity index (χ0) is 14.4. The highest BCUT2D eigenvalue weighted by atomic mass is 32.2. The lowest BCUT2D eigenvalue weighted by molar-refractivity contribution is 0.102. The average Bonchev–Trinajstić information content (AvgIpc) is 2.94. The number of rotatable bonds is 1. The molecule has 0 spiro atoms. The predicted molar refractivity (Wildman–Crippen MR) is 74.5 cm³/mol. The number of ketones is 1. The Balaban J connectivity index is 2.16. The van der Waals surface area contributed by atoms with Crippen LogP contribution in [0.25, 0.3) is 17.0 Å².